The van der Waals surface area contributed by atoms with Crippen molar-refractivity contribution in [3.63, 3.8) is 0 Å². The van der Waals surface area contributed by atoms with E-state index in [1.807, 2.05) is 36.9 Å². The van der Waals surface area contributed by atoms with Crippen molar-refractivity contribution < 1.29 is 17.9 Å². The second kappa shape index (κ2) is 8.65. The highest BCUT2D eigenvalue weighted by Crippen LogP contribution is 2.41. The third kappa shape index (κ3) is 4.36. The Balaban J connectivity index is 1.38. The van der Waals surface area contributed by atoms with E-state index in [2.05, 4.69) is 16.3 Å². The molecule has 4 aromatic rings. The molecule has 2 aliphatic rings. The maximum Gasteiger partial charge on any atom is 0.433 e. The Morgan fingerprint density at radius 1 is 1.03 bits per heavy atom. The third-order valence-corrected chi connectivity index (χ3v) is 7.24. The number of hydrogen-bond donors (Lipinski definition) is 0. The van der Waals surface area contributed by atoms with Crippen LogP contribution in [-0.2, 0) is 10.9 Å². The number of ether oxygens (including phenoxy) is 1. The van der Waals surface area contributed by atoms with Crippen molar-refractivity contribution in [3.05, 3.63) is 71.1 Å². The van der Waals surface area contributed by atoms with Gasteiger partial charge >= 0.3 is 6.18 Å². The van der Waals surface area contributed by atoms with Crippen molar-refractivity contribution in [2.75, 3.05) is 6.61 Å². The molecule has 6 nitrogen and oxygen atoms in total. The number of nitrogens with zero attached hydrogens (tertiary/aromatic N) is 5. The lowest BCUT2D eigenvalue weighted by Crippen LogP contribution is -2.19. The average Bonchev–Trinajstić information content (AvgIpc) is 3.60. The Morgan fingerprint density at radius 2 is 1.86 bits per heavy atom. The lowest BCUT2D eigenvalue weighted by atomic mass is 9.88. The normalized spacial score (nSPS) is 20.7. The Morgan fingerprint density at radius 3 is 2.58 bits per heavy atom. The predicted octanol–water partition coefficient (Wildman–Crippen LogP) is 6.49. The van der Waals surface area contributed by atoms with E-state index in [1.165, 1.54) is 25.1 Å². The quantitative estimate of drug-likeness (QED) is 0.325. The first-order chi connectivity index (χ1) is 17.3. The Kier molecular flexibility index (Phi) is 5.55. The molecule has 4 aromatic heterocycles. The van der Waals surface area contributed by atoms with E-state index in [0.717, 1.165) is 52.4 Å². The van der Waals surface area contributed by atoms with Crippen LogP contribution in [-0.4, -0.2) is 31.3 Å². The standard InChI is InChI=1S/C27H26F3N5O/c1-15-9-22-21(18-3-6-25(31-12-18)27(28,29)30)11-23(34-26(22)33-16(15)2)17-7-8-36-24(10-17)19-13-32-35(14-19)20-4-5-20/h3,6,9,11-14,17,20,24H,4-5,7-8,10H2,1-2H3/t17-,24-/m0/s1. The molecule has 186 valence electrons. The van der Waals surface area contributed by atoms with E-state index in [-0.39, 0.29) is 12.0 Å². The maximum absolute atomic E-state index is 13.1. The van der Waals surface area contributed by atoms with E-state index < -0.39 is 11.9 Å². The minimum absolute atomic E-state index is 0.0716. The topological polar surface area (TPSA) is 65.7 Å². The van der Waals surface area contributed by atoms with Crippen LogP contribution in [0.4, 0.5) is 13.2 Å². The molecule has 1 aliphatic carbocycles. The molecule has 0 radical (unpaired) electrons. The highest BCUT2D eigenvalue weighted by atomic mass is 19.4. The van der Waals surface area contributed by atoms with E-state index in [4.69, 9.17) is 14.7 Å². The minimum Gasteiger partial charge on any atom is -0.373 e. The van der Waals surface area contributed by atoms with Gasteiger partial charge in [-0.2, -0.15) is 18.3 Å². The molecule has 6 rings (SSSR count). The van der Waals surface area contributed by atoms with Crippen molar-refractivity contribution in [1.29, 1.82) is 0 Å². The molecular formula is C27H26F3N5O. The lowest BCUT2D eigenvalue weighted by Gasteiger charge is -2.29. The minimum atomic E-state index is -4.48. The van der Waals surface area contributed by atoms with Gasteiger partial charge in [-0.05, 0) is 68.9 Å². The summed E-state index contributed by atoms with van der Waals surface area (Å²) in [5.41, 5.74) is 4.90. The molecule has 0 N–H and O–H groups in total. The van der Waals surface area contributed by atoms with E-state index >= 15 is 0 Å². The predicted molar refractivity (Wildman–Crippen MR) is 128 cm³/mol. The first-order valence-corrected chi connectivity index (χ1v) is 12.2. The Bertz CT molecular complexity index is 1430. The molecule has 0 bridgehead atoms. The van der Waals surface area contributed by atoms with Crippen LogP contribution in [0.15, 0.2) is 42.9 Å². The number of alkyl halides is 3. The van der Waals surface area contributed by atoms with Gasteiger partial charge in [-0.15, -0.1) is 0 Å². The van der Waals surface area contributed by atoms with Gasteiger partial charge < -0.3 is 4.74 Å². The molecule has 0 unspecified atom stereocenters. The molecule has 9 heteroatoms. The number of rotatable bonds is 4. The zero-order chi connectivity index (χ0) is 25.0. The van der Waals surface area contributed by atoms with Crippen LogP contribution in [0.25, 0.3) is 22.2 Å². The van der Waals surface area contributed by atoms with Gasteiger partial charge in [0, 0.05) is 52.8 Å². The summed E-state index contributed by atoms with van der Waals surface area (Å²) in [5.74, 6) is 0.127. The van der Waals surface area contributed by atoms with Crippen molar-refractivity contribution in [2.24, 2.45) is 0 Å². The monoisotopic (exact) mass is 493 g/mol. The van der Waals surface area contributed by atoms with Crippen LogP contribution in [0.3, 0.4) is 0 Å². The summed E-state index contributed by atoms with van der Waals surface area (Å²) in [6.07, 6.45) is 4.62. The lowest BCUT2D eigenvalue weighted by molar-refractivity contribution is -0.141. The van der Waals surface area contributed by atoms with Crippen LogP contribution >= 0.6 is 0 Å². The second-order valence-corrected chi connectivity index (χ2v) is 9.85. The van der Waals surface area contributed by atoms with Crippen LogP contribution in [0.1, 0.15) is 72.0 Å². The summed E-state index contributed by atoms with van der Waals surface area (Å²) in [7, 11) is 0. The van der Waals surface area contributed by atoms with E-state index in [0.29, 0.717) is 23.9 Å². The van der Waals surface area contributed by atoms with Gasteiger partial charge in [-0.25, -0.2) is 9.97 Å². The molecule has 0 spiro atoms. The number of hydrogen-bond acceptors (Lipinski definition) is 5. The van der Waals surface area contributed by atoms with Gasteiger partial charge in [-0.3, -0.25) is 9.67 Å². The van der Waals surface area contributed by atoms with Crippen molar-refractivity contribution in [2.45, 2.75) is 63.8 Å². The van der Waals surface area contributed by atoms with Gasteiger partial charge in [0.05, 0.1) is 18.3 Å². The zero-order valence-corrected chi connectivity index (χ0v) is 20.1. The molecule has 5 heterocycles. The number of fused-ring (bicyclic) bond motifs is 1. The molecule has 0 aromatic carbocycles. The van der Waals surface area contributed by atoms with Crippen LogP contribution in [0.5, 0.6) is 0 Å². The Labute approximate surface area is 206 Å². The summed E-state index contributed by atoms with van der Waals surface area (Å²) in [6.45, 7) is 4.50. The average molecular weight is 494 g/mol. The summed E-state index contributed by atoms with van der Waals surface area (Å²) < 4.78 is 47.4. The molecule has 36 heavy (non-hydrogen) atoms. The fourth-order valence-electron chi connectivity index (χ4n) is 4.88. The molecule has 1 aliphatic heterocycles. The molecule has 1 saturated carbocycles. The summed E-state index contributed by atoms with van der Waals surface area (Å²) in [6, 6.07) is 7.00. The number of halogens is 3. The molecule has 0 amide bonds. The Hall–Kier alpha value is -3.33. The molecule has 2 fully saturated rings. The van der Waals surface area contributed by atoms with E-state index in [9.17, 15) is 13.2 Å². The van der Waals surface area contributed by atoms with Gasteiger partial charge in [0.1, 0.15) is 5.69 Å². The summed E-state index contributed by atoms with van der Waals surface area (Å²) >= 11 is 0. The van der Waals surface area contributed by atoms with Crippen molar-refractivity contribution in [1.82, 2.24) is 24.7 Å². The van der Waals surface area contributed by atoms with Gasteiger partial charge in [0.2, 0.25) is 0 Å². The molecule has 1 saturated heterocycles. The summed E-state index contributed by atoms with van der Waals surface area (Å²) in [5, 5.41) is 5.32. The van der Waals surface area contributed by atoms with E-state index in [1.54, 1.807) is 0 Å². The zero-order valence-electron chi connectivity index (χ0n) is 20.1. The van der Waals surface area contributed by atoms with Crippen LogP contribution in [0, 0.1) is 13.8 Å². The fraction of sp³-hybridized carbons (Fsp3) is 0.407. The van der Waals surface area contributed by atoms with Crippen LogP contribution in [0.2, 0.25) is 0 Å². The number of aromatic nitrogens is 5. The highest BCUT2D eigenvalue weighted by Gasteiger charge is 2.33. The van der Waals surface area contributed by atoms with Crippen molar-refractivity contribution >= 4 is 11.0 Å². The van der Waals surface area contributed by atoms with Crippen LogP contribution < -0.4 is 0 Å². The second-order valence-electron chi connectivity index (χ2n) is 9.85. The first-order valence-electron chi connectivity index (χ1n) is 12.2. The van der Waals surface area contributed by atoms with Gasteiger partial charge in [0.15, 0.2) is 5.65 Å². The summed E-state index contributed by atoms with van der Waals surface area (Å²) in [4.78, 5) is 13.3. The number of pyridine rings is 3. The molecule has 2 atom stereocenters. The fourth-order valence-corrected chi connectivity index (χ4v) is 4.88. The third-order valence-electron chi connectivity index (χ3n) is 7.24. The smallest absolute Gasteiger partial charge is 0.373 e. The maximum atomic E-state index is 13.1. The van der Waals surface area contributed by atoms with Crippen molar-refractivity contribution in [3.8, 4) is 11.1 Å². The highest BCUT2D eigenvalue weighted by molar-refractivity contribution is 5.93. The SMILES string of the molecule is Cc1cc2c(-c3ccc(C(F)(F)F)nc3)cc([C@H]3CCO[C@H](c4cnn(C5CC5)c4)C3)nc2nc1C. The first kappa shape index (κ1) is 23.1. The van der Waals surface area contributed by atoms with Gasteiger partial charge in [0.25, 0.3) is 0 Å². The largest absolute Gasteiger partial charge is 0.433 e. The molecular weight excluding hydrogens is 467 g/mol. The number of aryl methyl sites for hydroxylation is 2. The van der Waals surface area contributed by atoms with Gasteiger partial charge in [-0.1, -0.05) is 6.07 Å².